The fourth-order valence-electron chi connectivity index (χ4n) is 1.52. The maximum atomic E-state index is 8.87. The Bertz CT molecular complexity index is 427. The van der Waals surface area contributed by atoms with Crippen LogP contribution in [0.1, 0.15) is 38.3 Å². The van der Waals surface area contributed by atoms with Gasteiger partial charge in [0.25, 0.3) is 0 Å². The lowest BCUT2D eigenvalue weighted by atomic mass is 9.93. The van der Waals surface area contributed by atoms with E-state index in [4.69, 9.17) is 14.7 Å². The second-order valence-corrected chi connectivity index (χ2v) is 5.50. The number of nitriles is 1. The Hall–Kier alpha value is -1.53. The van der Waals surface area contributed by atoms with Gasteiger partial charge in [0.15, 0.2) is 0 Å². The molecule has 0 bridgehead atoms. The number of rotatable bonds is 5. The number of benzene rings is 1. The second-order valence-electron chi connectivity index (χ2n) is 5.50. The van der Waals surface area contributed by atoms with Crippen molar-refractivity contribution in [2.45, 2.75) is 33.8 Å². The van der Waals surface area contributed by atoms with E-state index in [1.807, 2.05) is 6.07 Å². The minimum atomic E-state index is 0.276. The van der Waals surface area contributed by atoms with Gasteiger partial charge in [0.1, 0.15) is 5.75 Å². The molecular weight excluding hydrogens is 226 g/mol. The molecule has 0 aliphatic carbocycles. The standard InChI is InChI=1S/C15H21NO2/c1-15(2,3)7-8-18-11-13-9-12(10-16)5-6-14(13)17-4/h5-6,9H,7-8,11H2,1-4H3. The molecule has 0 saturated carbocycles. The zero-order valence-electron chi connectivity index (χ0n) is 11.6. The van der Waals surface area contributed by atoms with Crippen LogP contribution >= 0.6 is 0 Å². The molecule has 18 heavy (non-hydrogen) atoms. The van der Waals surface area contributed by atoms with Crippen molar-refractivity contribution in [3.63, 3.8) is 0 Å². The van der Waals surface area contributed by atoms with E-state index in [0.717, 1.165) is 17.7 Å². The highest BCUT2D eigenvalue weighted by atomic mass is 16.5. The summed E-state index contributed by atoms with van der Waals surface area (Å²) in [6.45, 7) is 7.76. The van der Waals surface area contributed by atoms with E-state index in [9.17, 15) is 0 Å². The molecule has 0 atom stereocenters. The van der Waals surface area contributed by atoms with Crippen LogP contribution in [0.5, 0.6) is 5.75 Å². The Morgan fingerprint density at radius 1 is 1.28 bits per heavy atom. The summed E-state index contributed by atoms with van der Waals surface area (Å²) in [6, 6.07) is 7.49. The van der Waals surface area contributed by atoms with Crippen molar-refractivity contribution >= 4 is 0 Å². The van der Waals surface area contributed by atoms with Gasteiger partial charge < -0.3 is 9.47 Å². The predicted octanol–water partition coefficient (Wildman–Crippen LogP) is 3.52. The monoisotopic (exact) mass is 247 g/mol. The largest absolute Gasteiger partial charge is 0.496 e. The van der Waals surface area contributed by atoms with Crippen molar-refractivity contribution in [2.75, 3.05) is 13.7 Å². The van der Waals surface area contributed by atoms with Crippen LogP contribution in [0.2, 0.25) is 0 Å². The average Bonchev–Trinajstić information content (AvgIpc) is 2.33. The Labute approximate surface area is 109 Å². The molecule has 0 radical (unpaired) electrons. The summed E-state index contributed by atoms with van der Waals surface area (Å²) in [5, 5.41) is 8.87. The zero-order valence-corrected chi connectivity index (χ0v) is 11.6. The Morgan fingerprint density at radius 3 is 2.56 bits per heavy atom. The lowest BCUT2D eigenvalue weighted by molar-refractivity contribution is 0.0948. The first-order valence-corrected chi connectivity index (χ1v) is 6.11. The number of ether oxygens (including phenoxy) is 2. The molecule has 1 rings (SSSR count). The fraction of sp³-hybridized carbons (Fsp3) is 0.533. The molecule has 1 aromatic rings. The highest BCUT2D eigenvalue weighted by Gasteiger charge is 2.10. The fourth-order valence-corrected chi connectivity index (χ4v) is 1.52. The highest BCUT2D eigenvalue weighted by Crippen LogP contribution is 2.22. The van der Waals surface area contributed by atoms with E-state index >= 15 is 0 Å². The molecule has 3 heteroatoms. The van der Waals surface area contributed by atoms with Gasteiger partial charge in [-0.15, -0.1) is 0 Å². The van der Waals surface area contributed by atoms with Crippen LogP contribution in [0.4, 0.5) is 0 Å². The number of hydrogen-bond donors (Lipinski definition) is 0. The molecule has 0 N–H and O–H groups in total. The summed E-state index contributed by atoms with van der Waals surface area (Å²) >= 11 is 0. The second kappa shape index (κ2) is 6.42. The molecule has 0 unspecified atom stereocenters. The number of nitrogens with zero attached hydrogens (tertiary/aromatic N) is 1. The molecule has 0 fully saturated rings. The number of methoxy groups -OCH3 is 1. The van der Waals surface area contributed by atoms with Gasteiger partial charge in [0.2, 0.25) is 0 Å². The summed E-state index contributed by atoms with van der Waals surface area (Å²) < 4.78 is 10.9. The summed E-state index contributed by atoms with van der Waals surface area (Å²) in [7, 11) is 1.63. The lowest BCUT2D eigenvalue weighted by Gasteiger charge is -2.18. The van der Waals surface area contributed by atoms with E-state index in [1.54, 1.807) is 19.2 Å². The minimum Gasteiger partial charge on any atom is -0.496 e. The zero-order chi connectivity index (χ0) is 13.6. The first-order chi connectivity index (χ1) is 8.46. The average molecular weight is 247 g/mol. The Kier molecular flexibility index (Phi) is 5.18. The third-order valence-corrected chi connectivity index (χ3v) is 2.66. The molecular formula is C15H21NO2. The third-order valence-electron chi connectivity index (χ3n) is 2.66. The predicted molar refractivity (Wildman–Crippen MR) is 71.4 cm³/mol. The van der Waals surface area contributed by atoms with Crippen LogP contribution in [0.25, 0.3) is 0 Å². The SMILES string of the molecule is COc1ccc(C#N)cc1COCCC(C)(C)C. The maximum Gasteiger partial charge on any atom is 0.124 e. The van der Waals surface area contributed by atoms with Crippen molar-refractivity contribution in [2.24, 2.45) is 5.41 Å². The van der Waals surface area contributed by atoms with Gasteiger partial charge in [0.05, 0.1) is 25.3 Å². The molecule has 0 aliphatic heterocycles. The van der Waals surface area contributed by atoms with Gasteiger partial charge in [0, 0.05) is 12.2 Å². The maximum absolute atomic E-state index is 8.87. The molecule has 0 saturated heterocycles. The summed E-state index contributed by atoms with van der Waals surface area (Å²) in [6.07, 6.45) is 1.01. The van der Waals surface area contributed by atoms with Crippen molar-refractivity contribution in [3.05, 3.63) is 29.3 Å². The first kappa shape index (κ1) is 14.5. The summed E-state index contributed by atoms with van der Waals surface area (Å²) in [5.74, 6) is 0.768. The van der Waals surface area contributed by atoms with Crippen molar-refractivity contribution < 1.29 is 9.47 Å². The van der Waals surface area contributed by atoms with Crippen LogP contribution in [-0.2, 0) is 11.3 Å². The molecule has 98 valence electrons. The Morgan fingerprint density at radius 2 is 2.00 bits per heavy atom. The first-order valence-electron chi connectivity index (χ1n) is 6.11. The minimum absolute atomic E-state index is 0.276. The smallest absolute Gasteiger partial charge is 0.124 e. The van der Waals surface area contributed by atoms with Crippen LogP contribution in [0.3, 0.4) is 0 Å². The third kappa shape index (κ3) is 4.77. The molecule has 1 aromatic carbocycles. The van der Waals surface area contributed by atoms with E-state index in [-0.39, 0.29) is 5.41 Å². The summed E-state index contributed by atoms with van der Waals surface area (Å²) in [4.78, 5) is 0. The molecule has 3 nitrogen and oxygen atoms in total. The van der Waals surface area contributed by atoms with E-state index in [1.165, 1.54) is 0 Å². The van der Waals surface area contributed by atoms with Gasteiger partial charge in [-0.2, -0.15) is 5.26 Å². The highest BCUT2D eigenvalue weighted by molar-refractivity contribution is 5.41. The molecule has 0 heterocycles. The normalized spacial score (nSPS) is 11.1. The Balaban J connectivity index is 2.58. The number of hydrogen-bond acceptors (Lipinski definition) is 3. The van der Waals surface area contributed by atoms with Gasteiger partial charge in [-0.25, -0.2) is 0 Å². The molecule has 0 spiro atoms. The van der Waals surface area contributed by atoms with Crippen LogP contribution in [0, 0.1) is 16.7 Å². The van der Waals surface area contributed by atoms with Gasteiger partial charge in [-0.05, 0) is 30.0 Å². The molecule has 0 amide bonds. The van der Waals surface area contributed by atoms with Gasteiger partial charge in [-0.1, -0.05) is 20.8 Å². The molecule has 0 aliphatic rings. The van der Waals surface area contributed by atoms with Crippen molar-refractivity contribution in [3.8, 4) is 11.8 Å². The van der Waals surface area contributed by atoms with Gasteiger partial charge in [-0.3, -0.25) is 0 Å². The van der Waals surface area contributed by atoms with E-state index < -0.39 is 0 Å². The van der Waals surface area contributed by atoms with Gasteiger partial charge >= 0.3 is 0 Å². The van der Waals surface area contributed by atoms with Crippen LogP contribution in [0.15, 0.2) is 18.2 Å². The van der Waals surface area contributed by atoms with Crippen LogP contribution < -0.4 is 4.74 Å². The lowest BCUT2D eigenvalue weighted by Crippen LogP contribution is -2.09. The molecule has 0 aromatic heterocycles. The topological polar surface area (TPSA) is 42.2 Å². The quantitative estimate of drug-likeness (QED) is 0.748. The van der Waals surface area contributed by atoms with E-state index in [0.29, 0.717) is 18.8 Å². The van der Waals surface area contributed by atoms with Crippen molar-refractivity contribution in [1.29, 1.82) is 5.26 Å². The summed E-state index contributed by atoms with van der Waals surface area (Å²) in [5.41, 5.74) is 1.83. The van der Waals surface area contributed by atoms with Crippen molar-refractivity contribution in [1.82, 2.24) is 0 Å². The van der Waals surface area contributed by atoms with E-state index in [2.05, 4.69) is 26.8 Å². The van der Waals surface area contributed by atoms with Crippen LogP contribution in [-0.4, -0.2) is 13.7 Å².